The van der Waals surface area contributed by atoms with Crippen molar-refractivity contribution >= 4 is 11.7 Å². The molecule has 3 aromatic rings. The Hall–Kier alpha value is -3.21. The maximum Gasteiger partial charge on any atom is 0.236 e. The van der Waals surface area contributed by atoms with Gasteiger partial charge in [-0.3, -0.25) is 14.5 Å². The van der Waals surface area contributed by atoms with Crippen LogP contribution < -0.4 is 0 Å². The first-order chi connectivity index (χ1) is 15.4. The molecule has 1 amide bonds. The van der Waals surface area contributed by atoms with E-state index in [2.05, 4.69) is 65.5 Å². The molecule has 5 nitrogen and oxygen atoms in total. The highest BCUT2D eigenvalue weighted by molar-refractivity contribution is 6.05. The lowest BCUT2D eigenvalue weighted by atomic mass is 9.64. The molecule has 164 valence electrons. The Morgan fingerprint density at radius 1 is 1.03 bits per heavy atom. The summed E-state index contributed by atoms with van der Waals surface area (Å²) >= 11 is 0. The number of aryl methyl sites for hydroxylation is 1. The molecule has 5 rings (SSSR count). The third-order valence-electron chi connectivity index (χ3n) is 7.26. The van der Waals surface area contributed by atoms with Gasteiger partial charge in [-0.2, -0.15) is 5.10 Å². The minimum absolute atomic E-state index is 0.102. The van der Waals surface area contributed by atoms with Gasteiger partial charge in [0.15, 0.2) is 0 Å². The number of nitrogens with zero attached hydrogens (tertiary/aromatic N) is 4. The number of hydrogen-bond donors (Lipinski definition) is 0. The fraction of sp³-hybridized carbons (Fsp3) is 0.370. The summed E-state index contributed by atoms with van der Waals surface area (Å²) in [6.45, 7) is 2.21. The molecule has 2 aromatic carbocycles. The highest BCUT2D eigenvalue weighted by Gasteiger charge is 2.48. The summed E-state index contributed by atoms with van der Waals surface area (Å²) in [5, 5.41) is 4.33. The van der Waals surface area contributed by atoms with E-state index in [-0.39, 0.29) is 11.8 Å². The Balaban J connectivity index is 1.61. The number of amidine groups is 1. The number of carbonyl (C=O) groups is 1. The highest BCUT2D eigenvalue weighted by atomic mass is 16.2. The van der Waals surface area contributed by atoms with Crippen LogP contribution in [0.4, 0.5) is 0 Å². The molecule has 2 atom stereocenters. The van der Waals surface area contributed by atoms with Gasteiger partial charge >= 0.3 is 0 Å². The van der Waals surface area contributed by atoms with Crippen molar-refractivity contribution in [1.29, 1.82) is 0 Å². The monoisotopic (exact) mass is 426 g/mol. The molecule has 2 aliphatic rings. The average Bonchev–Trinajstić information content (AvgIpc) is 3.57. The zero-order valence-corrected chi connectivity index (χ0v) is 19.2. The van der Waals surface area contributed by atoms with Gasteiger partial charge in [-0.1, -0.05) is 55.5 Å². The van der Waals surface area contributed by atoms with Crippen LogP contribution in [0.2, 0.25) is 0 Å². The Labute approximate surface area is 189 Å². The second kappa shape index (κ2) is 7.73. The van der Waals surface area contributed by atoms with Crippen LogP contribution in [0.1, 0.15) is 54.7 Å². The van der Waals surface area contributed by atoms with E-state index in [0.29, 0.717) is 12.3 Å². The maximum absolute atomic E-state index is 13.7. The summed E-state index contributed by atoms with van der Waals surface area (Å²) < 4.78 is 1.81. The topological polar surface area (TPSA) is 50.5 Å². The largest absolute Gasteiger partial charge is 0.303 e. The van der Waals surface area contributed by atoms with Crippen LogP contribution >= 0.6 is 0 Å². The van der Waals surface area contributed by atoms with Crippen LogP contribution in [0.25, 0.3) is 11.1 Å². The van der Waals surface area contributed by atoms with Gasteiger partial charge in [-0.05, 0) is 41.0 Å². The molecule has 0 unspecified atom stereocenters. The smallest absolute Gasteiger partial charge is 0.236 e. The molecule has 0 radical (unpaired) electrons. The number of piperidine rings is 1. The van der Waals surface area contributed by atoms with Crippen molar-refractivity contribution in [3.63, 3.8) is 0 Å². The SMILES string of the molecule is CN=C1C[C@](C)(c2cccc(-c3cnn(C)c3)c2)[C@@H](c2ccc(C3CC3)cc2)C(=O)N1C. The second-order valence-electron chi connectivity index (χ2n) is 9.49. The predicted molar refractivity (Wildman–Crippen MR) is 128 cm³/mol. The highest BCUT2D eigenvalue weighted by Crippen LogP contribution is 2.48. The molecule has 0 spiro atoms. The van der Waals surface area contributed by atoms with Gasteiger partial charge < -0.3 is 4.90 Å². The minimum atomic E-state index is -0.405. The summed E-state index contributed by atoms with van der Waals surface area (Å²) in [6, 6.07) is 17.3. The van der Waals surface area contributed by atoms with E-state index in [9.17, 15) is 4.79 Å². The van der Waals surface area contributed by atoms with Crippen molar-refractivity contribution in [2.45, 2.75) is 43.4 Å². The quantitative estimate of drug-likeness (QED) is 0.596. The van der Waals surface area contributed by atoms with E-state index in [4.69, 9.17) is 0 Å². The first-order valence-electron chi connectivity index (χ1n) is 11.3. The fourth-order valence-electron chi connectivity index (χ4n) is 5.15. The maximum atomic E-state index is 13.7. The standard InChI is InChI=1S/C27H30N4O/c1-27(23-7-5-6-21(14-23)22-16-29-30(3)17-22)15-24(28-2)31(4)26(32)25(27)20-12-10-19(11-13-20)18-8-9-18/h5-7,10-14,16-18,25H,8-9,15H2,1-4H3/t25-,27+/m0/s1. The number of aliphatic imine (C=N–C) groups is 1. The number of hydrogen-bond acceptors (Lipinski definition) is 3. The number of aromatic nitrogens is 2. The van der Waals surface area contributed by atoms with Crippen LogP contribution in [-0.2, 0) is 17.3 Å². The Morgan fingerprint density at radius 3 is 2.38 bits per heavy atom. The summed E-state index contributed by atoms with van der Waals surface area (Å²) in [5.74, 6) is 1.37. The second-order valence-corrected chi connectivity index (χ2v) is 9.49. The molecule has 0 bridgehead atoms. The average molecular weight is 427 g/mol. The van der Waals surface area contributed by atoms with Crippen molar-refractivity contribution in [2.75, 3.05) is 14.1 Å². The van der Waals surface area contributed by atoms with E-state index < -0.39 is 5.41 Å². The van der Waals surface area contributed by atoms with Crippen LogP contribution in [0, 0.1) is 0 Å². The molecule has 1 aliphatic carbocycles. The zero-order chi connectivity index (χ0) is 22.5. The third kappa shape index (κ3) is 3.46. The first-order valence-corrected chi connectivity index (χ1v) is 11.3. The van der Waals surface area contributed by atoms with Crippen LogP contribution in [0.15, 0.2) is 65.9 Å². The Kier molecular flexibility index (Phi) is 5.00. The molecule has 0 N–H and O–H groups in total. The third-order valence-corrected chi connectivity index (χ3v) is 7.26. The molecule has 32 heavy (non-hydrogen) atoms. The van der Waals surface area contributed by atoms with Crippen molar-refractivity contribution in [3.05, 3.63) is 77.6 Å². The van der Waals surface area contributed by atoms with Crippen molar-refractivity contribution in [1.82, 2.24) is 14.7 Å². The molecular formula is C27H30N4O. The molecule has 1 saturated heterocycles. The Morgan fingerprint density at radius 2 is 1.75 bits per heavy atom. The van der Waals surface area contributed by atoms with E-state index in [1.807, 2.05) is 31.2 Å². The Bertz CT molecular complexity index is 1190. The first kappa shape index (κ1) is 20.7. The molecule has 1 aliphatic heterocycles. The summed E-state index contributed by atoms with van der Waals surface area (Å²) in [7, 11) is 5.55. The van der Waals surface area contributed by atoms with E-state index in [0.717, 1.165) is 28.1 Å². The minimum Gasteiger partial charge on any atom is -0.303 e. The van der Waals surface area contributed by atoms with Gasteiger partial charge in [0.2, 0.25) is 5.91 Å². The molecular weight excluding hydrogens is 396 g/mol. The molecule has 1 aromatic heterocycles. The van der Waals surface area contributed by atoms with Crippen molar-refractivity contribution in [3.8, 4) is 11.1 Å². The molecule has 1 saturated carbocycles. The fourth-order valence-corrected chi connectivity index (χ4v) is 5.15. The summed E-state index contributed by atoms with van der Waals surface area (Å²) in [6.07, 6.45) is 7.17. The molecule has 5 heteroatoms. The van der Waals surface area contributed by atoms with Crippen LogP contribution in [0.3, 0.4) is 0 Å². The van der Waals surface area contributed by atoms with Crippen LogP contribution in [0.5, 0.6) is 0 Å². The normalized spacial score (nSPS) is 24.9. The van der Waals surface area contributed by atoms with Gasteiger partial charge in [0, 0.05) is 44.7 Å². The van der Waals surface area contributed by atoms with Crippen molar-refractivity contribution < 1.29 is 4.79 Å². The lowest BCUT2D eigenvalue weighted by Gasteiger charge is -2.45. The summed E-state index contributed by atoms with van der Waals surface area (Å²) in [5.41, 5.74) is 5.40. The van der Waals surface area contributed by atoms with Gasteiger partial charge in [0.05, 0.1) is 12.1 Å². The zero-order valence-electron chi connectivity index (χ0n) is 19.2. The number of rotatable bonds is 4. The lowest BCUT2D eigenvalue weighted by Crippen LogP contribution is -2.52. The number of amides is 1. The van der Waals surface area contributed by atoms with E-state index in [1.165, 1.54) is 18.4 Å². The lowest BCUT2D eigenvalue weighted by molar-refractivity contribution is -0.131. The van der Waals surface area contributed by atoms with Crippen molar-refractivity contribution in [2.24, 2.45) is 12.0 Å². The number of carbonyl (C=O) groups excluding carboxylic acids is 1. The predicted octanol–water partition coefficient (Wildman–Crippen LogP) is 4.90. The van der Waals surface area contributed by atoms with Gasteiger partial charge in [-0.15, -0.1) is 0 Å². The van der Waals surface area contributed by atoms with Gasteiger partial charge in [0.25, 0.3) is 0 Å². The van der Waals surface area contributed by atoms with Crippen LogP contribution in [-0.4, -0.2) is 40.5 Å². The van der Waals surface area contributed by atoms with Gasteiger partial charge in [0.1, 0.15) is 5.84 Å². The van der Waals surface area contributed by atoms with Gasteiger partial charge in [-0.25, -0.2) is 0 Å². The van der Waals surface area contributed by atoms with E-state index >= 15 is 0 Å². The molecule has 2 heterocycles. The molecule has 2 fully saturated rings. The number of benzene rings is 2. The summed E-state index contributed by atoms with van der Waals surface area (Å²) in [4.78, 5) is 19.9. The number of likely N-dealkylation sites (tertiary alicyclic amines) is 1. The van der Waals surface area contributed by atoms with E-state index in [1.54, 1.807) is 11.9 Å². The number of likely N-dealkylation sites (N-methyl/N-ethyl adjacent to an activating group) is 1.